The lowest BCUT2D eigenvalue weighted by Gasteiger charge is -2.18. The first-order valence-electron chi connectivity index (χ1n) is 5.03. The van der Waals surface area contributed by atoms with E-state index in [0.717, 1.165) is 18.9 Å². The largest absolute Gasteiger partial charge is 0.315 e. The van der Waals surface area contributed by atoms with Crippen molar-refractivity contribution in [3.05, 3.63) is 12.4 Å². The highest BCUT2D eigenvalue weighted by atomic mass is 16.2. The zero-order valence-electron chi connectivity index (χ0n) is 8.60. The van der Waals surface area contributed by atoms with Crippen LogP contribution in [0.1, 0.15) is 32.7 Å². The Hall–Kier alpha value is -1.32. The highest BCUT2D eigenvalue weighted by Crippen LogP contribution is 2.22. The van der Waals surface area contributed by atoms with Crippen LogP contribution in [0.4, 0.5) is 5.95 Å². The van der Waals surface area contributed by atoms with Gasteiger partial charge in [0.15, 0.2) is 0 Å². The zero-order chi connectivity index (χ0) is 10.1. The lowest BCUT2D eigenvalue weighted by molar-refractivity contribution is -0.117. The van der Waals surface area contributed by atoms with Crippen molar-refractivity contribution in [2.24, 2.45) is 0 Å². The molecule has 4 heteroatoms. The lowest BCUT2D eigenvalue weighted by atomic mass is 10.4. The number of rotatable bonds is 2. The quantitative estimate of drug-likeness (QED) is 0.715. The molecule has 14 heavy (non-hydrogen) atoms. The van der Waals surface area contributed by atoms with Gasteiger partial charge < -0.3 is 4.57 Å². The normalized spacial score (nSPS) is 17.1. The summed E-state index contributed by atoms with van der Waals surface area (Å²) in [6.07, 6.45) is 5.28. The molecule has 1 saturated heterocycles. The molecule has 1 aromatic rings. The van der Waals surface area contributed by atoms with Gasteiger partial charge in [0.1, 0.15) is 0 Å². The second kappa shape index (κ2) is 3.44. The number of hydrogen-bond donors (Lipinski definition) is 0. The molecule has 0 bridgehead atoms. The van der Waals surface area contributed by atoms with Gasteiger partial charge in [0.05, 0.1) is 0 Å². The van der Waals surface area contributed by atoms with Crippen molar-refractivity contribution in [3.8, 4) is 0 Å². The average Bonchev–Trinajstić information content (AvgIpc) is 2.70. The van der Waals surface area contributed by atoms with Crippen LogP contribution < -0.4 is 4.90 Å². The van der Waals surface area contributed by atoms with Gasteiger partial charge in [-0.05, 0) is 20.3 Å². The van der Waals surface area contributed by atoms with Gasteiger partial charge in [0, 0.05) is 31.4 Å². The van der Waals surface area contributed by atoms with E-state index in [0.29, 0.717) is 12.5 Å². The molecule has 4 nitrogen and oxygen atoms in total. The summed E-state index contributed by atoms with van der Waals surface area (Å²) in [4.78, 5) is 17.5. The molecule has 0 radical (unpaired) electrons. The van der Waals surface area contributed by atoms with Gasteiger partial charge in [-0.2, -0.15) is 0 Å². The predicted molar refractivity (Wildman–Crippen MR) is 54.2 cm³/mol. The van der Waals surface area contributed by atoms with Gasteiger partial charge in [-0.25, -0.2) is 4.98 Å². The van der Waals surface area contributed by atoms with Crippen molar-refractivity contribution in [1.29, 1.82) is 0 Å². The molecular weight excluding hydrogens is 178 g/mol. The molecule has 0 saturated carbocycles. The van der Waals surface area contributed by atoms with Crippen molar-refractivity contribution >= 4 is 11.9 Å². The molecule has 1 amide bonds. The van der Waals surface area contributed by atoms with E-state index in [9.17, 15) is 4.79 Å². The van der Waals surface area contributed by atoms with Crippen LogP contribution in [0.15, 0.2) is 12.4 Å². The van der Waals surface area contributed by atoms with Crippen LogP contribution in [0.5, 0.6) is 0 Å². The first kappa shape index (κ1) is 9.24. The Kier molecular flexibility index (Phi) is 2.27. The third-order valence-electron chi connectivity index (χ3n) is 2.52. The van der Waals surface area contributed by atoms with Gasteiger partial charge in [-0.1, -0.05) is 0 Å². The third-order valence-corrected chi connectivity index (χ3v) is 2.52. The molecule has 1 aliphatic heterocycles. The van der Waals surface area contributed by atoms with Crippen LogP contribution in [-0.4, -0.2) is 22.0 Å². The molecule has 0 spiro atoms. The summed E-state index contributed by atoms with van der Waals surface area (Å²) in [5, 5.41) is 0. The molecular formula is C10H15N3O. The highest BCUT2D eigenvalue weighted by Gasteiger charge is 2.25. The lowest BCUT2D eigenvalue weighted by Crippen LogP contribution is -2.27. The fourth-order valence-electron chi connectivity index (χ4n) is 1.78. The minimum absolute atomic E-state index is 0.193. The van der Waals surface area contributed by atoms with Crippen molar-refractivity contribution in [3.63, 3.8) is 0 Å². The Labute approximate surface area is 83.5 Å². The van der Waals surface area contributed by atoms with Gasteiger partial charge in [-0.3, -0.25) is 9.69 Å². The fraction of sp³-hybridized carbons (Fsp3) is 0.600. The Morgan fingerprint density at radius 2 is 2.29 bits per heavy atom. The first-order chi connectivity index (χ1) is 6.70. The van der Waals surface area contributed by atoms with Crippen molar-refractivity contribution in [2.45, 2.75) is 32.7 Å². The van der Waals surface area contributed by atoms with Crippen molar-refractivity contribution in [1.82, 2.24) is 9.55 Å². The Balaban J connectivity index is 2.31. The summed E-state index contributed by atoms with van der Waals surface area (Å²) in [6, 6.07) is 0.348. The first-order valence-corrected chi connectivity index (χ1v) is 5.03. The van der Waals surface area contributed by atoms with E-state index in [2.05, 4.69) is 18.8 Å². The topological polar surface area (TPSA) is 38.1 Å². The molecule has 0 aliphatic carbocycles. The van der Waals surface area contributed by atoms with Crippen LogP contribution in [-0.2, 0) is 4.79 Å². The highest BCUT2D eigenvalue weighted by molar-refractivity contribution is 5.93. The predicted octanol–water partition coefficient (Wildman–Crippen LogP) is 1.59. The molecule has 1 aliphatic rings. The number of amides is 1. The van der Waals surface area contributed by atoms with Crippen LogP contribution in [0.25, 0.3) is 0 Å². The van der Waals surface area contributed by atoms with Crippen LogP contribution in [0.3, 0.4) is 0 Å². The maximum Gasteiger partial charge on any atom is 0.229 e. The van der Waals surface area contributed by atoms with Crippen molar-refractivity contribution < 1.29 is 4.79 Å². The van der Waals surface area contributed by atoms with E-state index in [-0.39, 0.29) is 5.91 Å². The summed E-state index contributed by atoms with van der Waals surface area (Å²) in [5.74, 6) is 0.987. The van der Waals surface area contributed by atoms with Gasteiger partial charge >= 0.3 is 0 Å². The second-order valence-corrected chi connectivity index (χ2v) is 3.88. The molecule has 2 heterocycles. The Morgan fingerprint density at radius 3 is 2.86 bits per heavy atom. The minimum atomic E-state index is 0.193. The SMILES string of the molecule is CC(C)n1ccnc1N1CCCC1=O. The van der Waals surface area contributed by atoms with Gasteiger partial charge in [-0.15, -0.1) is 0 Å². The maximum atomic E-state index is 11.5. The number of aromatic nitrogens is 2. The van der Waals surface area contributed by atoms with E-state index >= 15 is 0 Å². The monoisotopic (exact) mass is 193 g/mol. The number of carbonyl (C=O) groups excluding carboxylic acids is 1. The third kappa shape index (κ3) is 1.41. The standard InChI is InChI=1S/C10H15N3O/c1-8(2)12-7-5-11-10(12)13-6-3-4-9(13)14/h5,7-8H,3-4,6H2,1-2H3. The van der Waals surface area contributed by atoms with E-state index in [1.165, 1.54) is 0 Å². The Morgan fingerprint density at radius 1 is 1.50 bits per heavy atom. The minimum Gasteiger partial charge on any atom is -0.315 e. The maximum absolute atomic E-state index is 11.5. The summed E-state index contributed by atoms with van der Waals surface area (Å²) >= 11 is 0. The van der Waals surface area contributed by atoms with Crippen LogP contribution in [0.2, 0.25) is 0 Å². The molecule has 0 N–H and O–H groups in total. The van der Waals surface area contributed by atoms with E-state index < -0.39 is 0 Å². The summed E-state index contributed by atoms with van der Waals surface area (Å²) in [6.45, 7) is 4.99. The molecule has 0 atom stereocenters. The number of anilines is 1. The molecule has 1 aromatic heterocycles. The van der Waals surface area contributed by atoms with E-state index in [1.54, 1.807) is 11.1 Å². The number of imidazole rings is 1. The zero-order valence-corrected chi connectivity index (χ0v) is 8.60. The van der Waals surface area contributed by atoms with Crippen LogP contribution in [0, 0.1) is 0 Å². The number of hydrogen-bond acceptors (Lipinski definition) is 2. The fourth-order valence-corrected chi connectivity index (χ4v) is 1.78. The van der Waals surface area contributed by atoms with E-state index in [4.69, 9.17) is 0 Å². The van der Waals surface area contributed by atoms with Gasteiger partial charge in [0.25, 0.3) is 0 Å². The Bertz CT molecular complexity index is 343. The summed E-state index contributed by atoms with van der Waals surface area (Å²) < 4.78 is 2.03. The van der Waals surface area contributed by atoms with Crippen LogP contribution >= 0.6 is 0 Å². The van der Waals surface area contributed by atoms with Crippen molar-refractivity contribution in [2.75, 3.05) is 11.4 Å². The molecule has 1 fully saturated rings. The summed E-state index contributed by atoms with van der Waals surface area (Å²) in [5.41, 5.74) is 0. The number of carbonyl (C=O) groups is 1. The molecule has 2 rings (SSSR count). The average molecular weight is 193 g/mol. The van der Waals surface area contributed by atoms with Gasteiger partial charge in [0.2, 0.25) is 11.9 Å². The van der Waals surface area contributed by atoms with E-state index in [1.807, 2.05) is 10.8 Å². The second-order valence-electron chi connectivity index (χ2n) is 3.88. The summed E-state index contributed by atoms with van der Waals surface area (Å²) in [7, 11) is 0. The molecule has 0 aromatic carbocycles. The number of nitrogens with zero attached hydrogens (tertiary/aromatic N) is 3. The smallest absolute Gasteiger partial charge is 0.229 e. The molecule has 0 unspecified atom stereocenters. The molecule has 76 valence electrons.